The van der Waals surface area contributed by atoms with Crippen LogP contribution < -0.4 is 10.1 Å². The first-order valence-electron chi connectivity index (χ1n) is 7.02. The van der Waals surface area contributed by atoms with Gasteiger partial charge in [-0.1, -0.05) is 12.1 Å². The van der Waals surface area contributed by atoms with Crippen molar-refractivity contribution in [1.82, 2.24) is 10.2 Å². The summed E-state index contributed by atoms with van der Waals surface area (Å²) in [5.74, 6) is 2.89. The number of nitrogens with one attached hydrogen (secondary N) is 1. The molecule has 3 rings (SSSR count). The molecule has 0 bridgehead atoms. The highest BCUT2D eigenvalue weighted by Gasteiger charge is 2.36. The number of nitrogens with zero attached hydrogens (tertiary/aromatic N) is 1. The van der Waals surface area contributed by atoms with Gasteiger partial charge in [0.15, 0.2) is 0 Å². The third-order valence-electron chi connectivity index (χ3n) is 3.80. The number of carbonyl (C=O) groups is 1. The average molecular weight is 292 g/mol. The van der Waals surface area contributed by atoms with Crippen LogP contribution in [0.15, 0.2) is 24.3 Å². The minimum Gasteiger partial charge on any atom is -0.497 e. The van der Waals surface area contributed by atoms with Crippen molar-refractivity contribution in [2.24, 2.45) is 0 Å². The number of carbonyl (C=O) groups excluding carboxylic acids is 1. The third kappa shape index (κ3) is 3.10. The Morgan fingerprint density at radius 2 is 2.15 bits per heavy atom. The van der Waals surface area contributed by atoms with Crippen molar-refractivity contribution < 1.29 is 9.53 Å². The van der Waals surface area contributed by atoms with Crippen LogP contribution in [0.5, 0.6) is 5.75 Å². The molecule has 1 unspecified atom stereocenters. The minimum atomic E-state index is -0.00107. The van der Waals surface area contributed by atoms with Crippen molar-refractivity contribution >= 4 is 17.7 Å². The molecule has 0 radical (unpaired) electrons. The van der Waals surface area contributed by atoms with E-state index in [1.54, 1.807) is 18.9 Å². The van der Waals surface area contributed by atoms with E-state index in [0.717, 1.165) is 35.8 Å². The van der Waals surface area contributed by atoms with Gasteiger partial charge >= 0.3 is 0 Å². The second-order valence-electron chi connectivity index (χ2n) is 5.32. The van der Waals surface area contributed by atoms with E-state index in [9.17, 15) is 4.79 Å². The lowest BCUT2D eigenvalue weighted by molar-refractivity contribution is -0.133. The molecule has 1 atom stereocenters. The van der Waals surface area contributed by atoms with Gasteiger partial charge in [0.05, 0.1) is 13.2 Å². The highest BCUT2D eigenvalue weighted by molar-refractivity contribution is 7.99. The number of thioether (sulfide) groups is 1. The van der Waals surface area contributed by atoms with E-state index in [0.29, 0.717) is 12.6 Å². The Morgan fingerprint density at radius 3 is 2.70 bits per heavy atom. The lowest BCUT2D eigenvalue weighted by Crippen LogP contribution is -2.45. The van der Waals surface area contributed by atoms with E-state index < -0.39 is 0 Å². The Kier molecular flexibility index (Phi) is 4.17. The van der Waals surface area contributed by atoms with Gasteiger partial charge in [-0.05, 0) is 30.5 Å². The molecule has 1 aromatic carbocycles. The fourth-order valence-electron chi connectivity index (χ4n) is 2.45. The van der Waals surface area contributed by atoms with Gasteiger partial charge in [0.1, 0.15) is 5.75 Å². The summed E-state index contributed by atoms with van der Waals surface area (Å²) in [7, 11) is 1.67. The molecule has 1 saturated carbocycles. The molecule has 1 aliphatic carbocycles. The lowest BCUT2D eigenvalue weighted by atomic mass is 10.2. The van der Waals surface area contributed by atoms with Crippen molar-refractivity contribution in [2.45, 2.75) is 31.5 Å². The van der Waals surface area contributed by atoms with E-state index in [-0.39, 0.29) is 11.9 Å². The van der Waals surface area contributed by atoms with Crippen LogP contribution in [-0.4, -0.2) is 41.6 Å². The van der Waals surface area contributed by atoms with Crippen LogP contribution in [0.3, 0.4) is 0 Å². The fraction of sp³-hybridized carbons (Fsp3) is 0.533. The molecule has 2 fully saturated rings. The SMILES string of the molecule is COc1ccc(CN(C(=O)C2CSCN2)C2CC2)cc1. The summed E-state index contributed by atoms with van der Waals surface area (Å²) in [4.78, 5) is 14.6. The zero-order valence-electron chi connectivity index (χ0n) is 11.7. The van der Waals surface area contributed by atoms with E-state index in [2.05, 4.69) is 5.32 Å². The number of hydrogen-bond acceptors (Lipinski definition) is 4. The zero-order valence-corrected chi connectivity index (χ0v) is 12.5. The van der Waals surface area contributed by atoms with E-state index in [4.69, 9.17) is 4.74 Å². The van der Waals surface area contributed by atoms with Gasteiger partial charge in [0, 0.05) is 24.2 Å². The second-order valence-corrected chi connectivity index (χ2v) is 6.35. The first-order chi connectivity index (χ1) is 9.78. The van der Waals surface area contributed by atoms with Crippen LogP contribution in [0.1, 0.15) is 18.4 Å². The maximum absolute atomic E-state index is 12.6. The maximum Gasteiger partial charge on any atom is 0.241 e. The normalized spacial score (nSPS) is 21.8. The van der Waals surface area contributed by atoms with Crippen molar-refractivity contribution in [3.63, 3.8) is 0 Å². The van der Waals surface area contributed by atoms with Gasteiger partial charge in [-0.3, -0.25) is 10.1 Å². The first kappa shape index (κ1) is 13.8. The summed E-state index contributed by atoms with van der Waals surface area (Å²) in [6.45, 7) is 0.705. The van der Waals surface area contributed by atoms with Crippen LogP contribution in [0.4, 0.5) is 0 Å². The van der Waals surface area contributed by atoms with Gasteiger partial charge in [-0.25, -0.2) is 0 Å². The Labute approximate surface area is 123 Å². The number of amides is 1. The van der Waals surface area contributed by atoms with Crippen molar-refractivity contribution in [3.8, 4) is 5.75 Å². The van der Waals surface area contributed by atoms with Crippen LogP contribution in [0, 0.1) is 0 Å². The van der Waals surface area contributed by atoms with Gasteiger partial charge < -0.3 is 9.64 Å². The largest absolute Gasteiger partial charge is 0.497 e. The van der Waals surface area contributed by atoms with Crippen LogP contribution in [0.2, 0.25) is 0 Å². The molecule has 108 valence electrons. The van der Waals surface area contributed by atoms with E-state index in [1.807, 2.05) is 29.2 Å². The van der Waals surface area contributed by atoms with Crippen LogP contribution in [-0.2, 0) is 11.3 Å². The minimum absolute atomic E-state index is 0.00107. The summed E-state index contributed by atoms with van der Waals surface area (Å²) < 4.78 is 5.17. The predicted molar refractivity (Wildman–Crippen MR) is 80.8 cm³/mol. The second kappa shape index (κ2) is 6.06. The van der Waals surface area contributed by atoms with Crippen LogP contribution >= 0.6 is 11.8 Å². The summed E-state index contributed by atoms with van der Waals surface area (Å²) in [5, 5.41) is 3.28. The van der Waals surface area contributed by atoms with Gasteiger partial charge in [-0.15, -0.1) is 11.8 Å². The first-order valence-corrected chi connectivity index (χ1v) is 8.18. The molecule has 0 aromatic heterocycles. The Morgan fingerprint density at radius 1 is 1.40 bits per heavy atom. The lowest BCUT2D eigenvalue weighted by Gasteiger charge is -2.25. The summed E-state index contributed by atoms with van der Waals surface area (Å²) in [5.41, 5.74) is 1.16. The molecule has 0 spiro atoms. The summed E-state index contributed by atoms with van der Waals surface area (Å²) in [6, 6.07) is 8.43. The van der Waals surface area contributed by atoms with E-state index in [1.165, 1.54) is 0 Å². The molecular weight excluding hydrogens is 272 g/mol. The highest BCUT2D eigenvalue weighted by atomic mass is 32.2. The third-order valence-corrected chi connectivity index (χ3v) is 4.74. The molecule has 1 amide bonds. The zero-order chi connectivity index (χ0) is 13.9. The number of ether oxygens (including phenoxy) is 1. The Hall–Kier alpha value is -1.20. The maximum atomic E-state index is 12.6. The van der Waals surface area contributed by atoms with Crippen LogP contribution in [0.25, 0.3) is 0 Å². The molecule has 2 aliphatic rings. The molecule has 1 N–H and O–H groups in total. The fourth-order valence-corrected chi connectivity index (χ4v) is 3.39. The molecular formula is C15H20N2O2S. The predicted octanol–water partition coefficient (Wildman–Crippen LogP) is 1.85. The molecule has 5 heteroatoms. The van der Waals surface area contributed by atoms with Gasteiger partial charge in [0.25, 0.3) is 0 Å². The standard InChI is InChI=1S/C15H20N2O2S/c1-19-13-6-2-11(3-7-13)8-17(12-4-5-12)15(18)14-9-20-10-16-14/h2-3,6-7,12,14,16H,4-5,8-10H2,1H3. The molecule has 20 heavy (non-hydrogen) atoms. The average Bonchev–Trinajstić information content (AvgIpc) is 3.18. The Bertz CT molecular complexity index is 467. The van der Waals surface area contributed by atoms with Gasteiger partial charge in [-0.2, -0.15) is 0 Å². The highest BCUT2D eigenvalue weighted by Crippen LogP contribution is 2.30. The quantitative estimate of drug-likeness (QED) is 0.899. The number of benzene rings is 1. The number of rotatable bonds is 5. The molecule has 1 saturated heterocycles. The van der Waals surface area contributed by atoms with Crippen molar-refractivity contribution in [3.05, 3.63) is 29.8 Å². The smallest absolute Gasteiger partial charge is 0.241 e. The van der Waals surface area contributed by atoms with Crippen molar-refractivity contribution in [2.75, 3.05) is 18.7 Å². The topological polar surface area (TPSA) is 41.6 Å². The Balaban J connectivity index is 1.68. The molecule has 4 nitrogen and oxygen atoms in total. The summed E-state index contributed by atoms with van der Waals surface area (Å²) in [6.07, 6.45) is 2.28. The monoisotopic (exact) mass is 292 g/mol. The summed E-state index contributed by atoms with van der Waals surface area (Å²) >= 11 is 1.80. The molecule has 1 heterocycles. The van der Waals surface area contributed by atoms with E-state index >= 15 is 0 Å². The molecule has 1 aromatic rings. The molecule has 1 aliphatic heterocycles. The van der Waals surface area contributed by atoms with Crippen molar-refractivity contribution in [1.29, 1.82) is 0 Å². The number of hydrogen-bond donors (Lipinski definition) is 1. The number of methoxy groups -OCH3 is 1. The van der Waals surface area contributed by atoms with Gasteiger partial charge in [0.2, 0.25) is 5.91 Å².